The fourth-order valence-electron chi connectivity index (χ4n) is 7.02. The zero-order valence-corrected chi connectivity index (χ0v) is 23.3. The molecule has 222 valence electrons. The number of unbranched alkanes of at least 4 members (excludes halogenated alkanes) is 1. The van der Waals surface area contributed by atoms with Crippen molar-refractivity contribution in [1.82, 2.24) is 4.90 Å². The summed E-state index contributed by atoms with van der Waals surface area (Å²) >= 11 is 0. The molecule has 0 saturated carbocycles. The highest BCUT2D eigenvalue weighted by atomic mass is 19.4. The quantitative estimate of drug-likeness (QED) is 0.271. The van der Waals surface area contributed by atoms with Gasteiger partial charge in [-0.2, -0.15) is 13.2 Å². The van der Waals surface area contributed by atoms with Crippen LogP contribution in [0.15, 0.2) is 72.8 Å². The molecule has 0 unspecified atom stereocenters. The van der Waals surface area contributed by atoms with Crippen LogP contribution in [-0.4, -0.2) is 41.2 Å². The molecule has 10 heteroatoms. The molecule has 1 N–H and O–H groups in total. The number of rotatable bonds is 8. The van der Waals surface area contributed by atoms with Crippen LogP contribution in [0.3, 0.4) is 0 Å². The van der Waals surface area contributed by atoms with Crippen LogP contribution < -0.4 is 5.32 Å². The molecular weight excluding hydrogens is 561 g/mol. The molecule has 0 aromatic heterocycles. The van der Waals surface area contributed by atoms with E-state index in [1.165, 1.54) is 12.1 Å². The first-order valence-electron chi connectivity index (χ1n) is 14.3. The van der Waals surface area contributed by atoms with E-state index in [1.54, 1.807) is 0 Å². The molecule has 3 aromatic rings. The van der Waals surface area contributed by atoms with Gasteiger partial charge in [-0.25, -0.2) is 4.79 Å². The summed E-state index contributed by atoms with van der Waals surface area (Å²) in [7, 11) is 0. The summed E-state index contributed by atoms with van der Waals surface area (Å²) in [5, 5.41) is 2.14. The van der Waals surface area contributed by atoms with Crippen molar-refractivity contribution in [3.63, 3.8) is 0 Å². The number of imide groups is 1. The van der Waals surface area contributed by atoms with Crippen molar-refractivity contribution in [1.29, 1.82) is 0 Å². The Labute approximate surface area is 246 Å². The molecule has 3 aromatic carbocycles. The molecule has 1 heterocycles. The largest absolute Gasteiger partial charge is 0.454 e. The molecule has 7 nitrogen and oxygen atoms in total. The zero-order valence-electron chi connectivity index (χ0n) is 23.3. The Balaban J connectivity index is 1.25. The van der Waals surface area contributed by atoms with Gasteiger partial charge in [0, 0.05) is 11.8 Å². The lowest BCUT2D eigenvalue weighted by molar-refractivity contribution is -0.160. The SMILES string of the molecule is CCCC[C@@H](C(=O)OCC(=O)Nc1ccccc1C(F)(F)F)N1C(=O)[C@@H]2C3c4ccccc4C(c4ccccc43)[C@@H]2C1=O. The lowest BCUT2D eigenvalue weighted by Crippen LogP contribution is -2.47. The monoisotopic (exact) mass is 590 g/mol. The number of amides is 3. The number of nitrogens with one attached hydrogen (secondary N) is 1. The molecule has 1 fully saturated rings. The number of anilines is 1. The zero-order chi connectivity index (χ0) is 30.5. The Morgan fingerprint density at radius 1 is 0.837 bits per heavy atom. The third-order valence-electron chi connectivity index (χ3n) is 8.75. The first kappa shape index (κ1) is 28.6. The van der Waals surface area contributed by atoms with E-state index in [1.807, 2.05) is 55.5 Å². The summed E-state index contributed by atoms with van der Waals surface area (Å²) in [5.74, 6) is -4.86. The number of esters is 1. The molecule has 7 rings (SSSR count). The highest BCUT2D eigenvalue weighted by Crippen LogP contribution is 2.61. The molecule has 3 aliphatic carbocycles. The van der Waals surface area contributed by atoms with Crippen LogP contribution in [-0.2, 0) is 30.1 Å². The van der Waals surface area contributed by atoms with Gasteiger partial charge >= 0.3 is 12.1 Å². The second-order valence-electron chi connectivity index (χ2n) is 11.2. The third kappa shape index (κ3) is 4.78. The normalized spacial score (nSPS) is 22.5. The van der Waals surface area contributed by atoms with Gasteiger partial charge in [-0.3, -0.25) is 19.3 Å². The van der Waals surface area contributed by atoms with Crippen LogP contribution >= 0.6 is 0 Å². The van der Waals surface area contributed by atoms with Gasteiger partial charge < -0.3 is 10.1 Å². The minimum Gasteiger partial charge on any atom is -0.454 e. The van der Waals surface area contributed by atoms with Crippen molar-refractivity contribution in [3.05, 3.63) is 101 Å². The lowest BCUT2D eigenvalue weighted by Gasteiger charge is -2.45. The van der Waals surface area contributed by atoms with Gasteiger partial charge in [0.15, 0.2) is 6.61 Å². The summed E-state index contributed by atoms with van der Waals surface area (Å²) in [6.07, 6.45) is -3.38. The number of nitrogens with zero attached hydrogens (tertiary/aromatic N) is 1. The number of halogens is 3. The molecule has 3 atom stereocenters. The fraction of sp³-hybridized carbons (Fsp3) is 0.333. The van der Waals surface area contributed by atoms with Crippen molar-refractivity contribution >= 4 is 29.4 Å². The van der Waals surface area contributed by atoms with Crippen molar-refractivity contribution in [2.45, 2.75) is 50.2 Å². The smallest absolute Gasteiger partial charge is 0.418 e. The molecule has 43 heavy (non-hydrogen) atoms. The van der Waals surface area contributed by atoms with Gasteiger partial charge in [0.1, 0.15) is 6.04 Å². The number of hydrogen-bond acceptors (Lipinski definition) is 5. The molecule has 0 radical (unpaired) electrons. The highest BCUT2D eigenvalue weighted by Gasteiger charge is 2.63. The lowest BCUT2D eigenvalue weighted by atomic mass is 9.55. The summed E-state index contributed by atoms with van der Waals surface area (Å²) in [5.41, 5.74) is 2.49. The Kier molecular flexibility index (Phi) is 7.31. The Morgan fingerprint density at radius 3 is 1.81 bits per heavy atom. The first-order chi connectivity index (χ1) is 20.6. The van der Waals surface area contributed by atoms with Crippen LogP contribution in [0.2, 0.25) is 0 Å². The third-order valence-corrected chi connectivity index (χ3v) is 8.75. The second kappa shape index (κ2) is 11.0. The molecule has 1 saturated heterocycles. The molecule has 4 aliphatic rings. The maximum atomic E-state index is 14.1. The number of alkyl halides is 3. The summed E-state index contributed by atoms with van der Waals surface area (Å²) in [6, 6.07) is 18.8. The minimum absolute atomic E-state index is 0.139. The van der Waals surface area contributed by atoms with E-state index in [9.17, 15) is 32.3 Å². The number of para-hydroxylation sites is 1. The molecule has 1 aliphatic heterocycles. The van der Waals surface area contributed by atoms with E-state index in [0.29, 0.717) is 12.8 Å². The van der Waals surface area contributed by atoms with Crippen molar-refractivity contribution < 1.29 is 37.1 Å². The van der Waals surface area contributed by atoms with E-state index < -0.39 is 65.6 Å². The van der Waals surface area contributed by atoms with Gasteiger partial charge in [0.25, 0.3) is 5.91 Å². The standard InChI is InChI=1S/C33H29F3N2O5/c1-2-3-16-24(32(42)43-17-25(39)37-23-15-9-8-14-22(23)33(34,35)36)38-30(40)28-26-18-10-4-5-11-19(18)27(29(28)31(38)41)21-13-7-6-12-20(21)26/h4-15,24,26-29H,2-3,16-17H2,1H3,(H,37,39)/t24-,26?,27?,28-,29+/m0/s1. The number of hydrogen-bond donors (Lipinski definition) is 1. The Bertz CT molecular complexity index is 1500. The second-order valence-corrected chi connectivity index (χ2v) is 11.2. The Morgan fingerprint density at radius 2 is 1.33 bits per heavy atom. The molecular formula is C33H29F3N2O5. The van der Waals surface area contributed by atoms with Gasteiger partial charge in [-0.05, 0) is 40.8 Å². The van der Waals surface area contributed by atoms with Crippen LogP contribution in [0, 0.1) is 11.8 Å². The first-order valence-corrected chi connectivity index (χ1v) is 14.3. The minimum atomic E-state index is -4.70. The molecule has 0 spiro atoms. The van der Waals surface area contributed by atoms with Gasteiger partial charge in [0.2, 0.25) is 11.8 Å². The van der Waals surface area contributed by atoms with E-state index in [2.05, 4.69) is 5.32 Å². The van der Waals surface area contributed by atoms with Crippen molar-refractivity contribution in [2.24, 2.45) is 11.8 Å². The predicted octanol–water partition coefficient (Wildman–Crippen LogP) is 5.64. The van der Waals surface area contributed by atoms with Crippen molar-refractivity contribution in [2.75, 3.05) is 11.9 Å². The van der Waals surface area contributed by atoms with Gasteiger partial charge in [0.05, 0.1) is 23.1 Å². The fourth-order valence-corrected chi connectivity index (χ4v) is 7.02. The van der Waals surface area contributed by atoms with E-state index in [-0.39, 0.29) is 18.3 Å². The average Bonchev–Trinajstić information content (AvgIpc) is 3.26. The molecule has 2 bridgehead atoms. The number of benzene rings is 3. The maximum Gasteiger partial charge on any atom is 0.418 e. The van der Waals surface area contributed by atoms with Crippen LogP contribution in [0.1, 0.15) is 65.8 Å². The van der Waals surface area contributed by atoms with Gasteiger partial charge in [-0.1, -0.05) is 80.4 Å². The van der Waals surface area contributed by atoms with Crippen molar-refractivity contribution in [3.8, 4) is 0 Å². The van der Waals surface area contributed by atoms with Crippen LogP contribution in [0.25, 0.3) is 0 Å². The van der Waals surface area contributed by atoms with Gasteiger partial charge in [-0.15, -0.1) is 0 Å². The predicted molar refractivity (Wildman–Crippen MR) is 150 cm³/mol. The summed E-state index contributed by atoms with van der Waals surface area (Å²) in [6.45, 7) is 1.02. The number of carbonyl (C=O) groups excluding carboxylic acids is 4. The topological polar surface area (TPSA) is 92.8 Å². The average molecular weight is 591 g/mol. The summed E-state index contributed by atoms with van der Waals surface area (Å²) in [4.78, 5) is 55.1. The Hall–Kier alpha value is -4.47. The molecule has 3 amide bonds. The van der Waals surface area contributed by atoms with Crippen LogP contribution in [0.4, 0.5) is 18.9 Å². The number of likely N-dealkylation sites (tertiary alicyclic amines) is 1. The van der Waals surface area contributed by atoms with E-state index in [0.717, 1.165) is 39.3 Å². The summed E-state index contributed by atoms with van der Waals surface area (Å²) < 4.78 is 45.2. The van der Waals surface area contributed by atoms with Crippen LogP contribution in [0.5, 0.6) is 0 Å². The van der Waals surface area contributed by atoms with E-state index in [4.69, 9.17) is 4.74 Å². The maximum absolute atomic E-state index is 14.1. The number of carbonyl (C=O) groups is 4. The number of ether oxygens (including phenoxy) is 1. The van der Waals surface area contributed by atoms with E-state index >= 15 is 0 Å². The highest BCUT2D eigenvalue weighted by molar-refractivity contribution is 6.10.